The number of nitrogens with zero attached hydrogens (tertiary/aromatic N) is 3. The fourth-order valence-corrected chi connectivity index (χ4v) is 2.71. The zero-order chi connectivity index (χ0) is 18.1. The Hall–Kier alpha value is -2.43. The summed E-state index contributed by atoms with van der Waals surface area (Å²) in [6.07, 6.45) is 6.95. The first-order valence-corrected chi connectivity index (χ1v) is 9.02. The normalized spacial score (nSPS) is 11.6. The molecule has 5 nitrogen and oxygen atoms in total. The van der Waals surface area contributed by atoms with Gasteiger partial charge in [0.15, 0.2) is 0 Å². The molecule has 0 aliphatic heterocycles. The number of benzene rings is 1. The van der Waals surface area contributed by atoms with Crippen LogP contribution >= 0.6 is 0 Å². The van der Waals surface area contributed by atoms with E-state index in [0.717, 1.165) is 35.5 Å². The molecule has 0 radical (unpaired) electrons. The predicted octanol–water partition coefficient (Wildman–Crippen LogP) is 4.98. The fourth-order valence-electron chi connectivity index (χ4n) is 2.71. The molecule has 0 aliphatic carbocycles. The first-order chi connectivity index (χ1) is 12.1. The number of phenolic OH excluding ortho intramolecular Hbond substituents is 1. The molecular formula is C20H28N4O. The topological polar surface area (TPSA) is 70.4 Å². The number of aryl methyl sites for hydroxylation is 2. The summed E-state index contributed by atoms with van der Waals surface area (Å²) in [5, 5.41) is 14.1. The molecule has 0 atom stereocenters. The minimum absolute atomic E-state index is 0.261. The van der Waals surface area contributed by atoms with Crippen LogP contribution in [0.25, 0.3) is 0 Å². The number of anilines is 1. The Kier molecular flexibility index (Phi) is 7.38. The van der Waals surface area contributed by atoms with Crippen molar-refractivity contribution in [2.24, 2.45) is 5.10 Å². The number of hydrazone groups is 1. The number of nitrogens with one attached hydrogen (secondary N) is 1. The Morgan fingerprint density at radius 1 is 1.00 bits per heavy atom. The lowest BCUT2D eigenvalue weighted by atomic mass is 10.0. The van der Waals surface area contributed by atoms with Gasteiger partial charge in [-0.3, -0.25) is 0 Å². The number of rotatable bonds is 9. The quantitative estimate of drug-likeness (QED) is 0.384. The molecule has 2 N–H and O–H groups in total. The molecule has 5 heteroatoms. The van der Waals surface area contributed by atoms with Crippen molar-refractivity contribution in [2.75, 3.05) is 5.43 Å². The van der Waals surface area contributed by atoms with E-state index in [1.165, 1.54) is 25.7 Å². The molecule has 0 unspecified atom stereocenters. The smallest absolute Gasteiger partial charge is 0.243 e. The Morgan fingerprint density at radius 2 is 1.64 bits per heavy atom. The van der Waals surface area contributed by atoms with Crippen molar-refractivity contribution in [3.63, 3.8) is 0 Å². The van der Waals surface area contributed by atoms with Crippen LogP contribution in [-0.2, 0) is 0 Å². The molecule has 2 rings (SSSR count). The van der Waals surface area contributed by atoms with Gasteiger partial charge in [-0.05, 0) is 62.6 Å². The molecule has 0 saturated heterocycles. The van der Waals surface area contributed by atoms with E-state index in [2.05, 4.69) is 27.4 Å². The minimum atomic E-state index is 0.261. The predicted molar refractivity (Wildman–Crippen MR) is 103 cm³/mol. The van der Waals surface area contributed by atoms with Gasteiger partial charge in [-0.2, -0.15) is 5.10 Å². The van der Waals surface area contributed by atoms with Crippen LogP contribution in [0.4, 0.5) is 5.95 Å². The van der Waals surface area contributed by atoms with Gasteiger partial charge in [0.1, 0.15) is 5.75 Å². The highest BCUT2D eigenvalue weighted by Gasteiger charge is 2.06. The summed E-state index contributed by atoms with van der Waals surface area (Å²) in [6, 6.07) is 9.10. The van der Waals surface area contributed by atoms with Gasteiger partial charge in [-0.1, -0.05) is 32.6 Å². The number of hydrogen-bond acceptors (Lipinski definition) is 5. The standard InChI is InChI=1S/C20H28N4O/c1-4-5-6-7-8-9-19(17-10-12-18(25)13-11-17)23-24-20-21-15(2)14-16(3)22-20/h10-14,25H,4-9H2,1-3H3,(H,21,22,24)/b23-19-. The lowest BCUT2D eigenvalue weighted by Crippen LogP contribution is -2.07. The highest BCUT2D eigenvalue weighted by Crippen LogP contribution is 2.15. The van der Waals surface area contributed by atoms with Gasteiger partial charge in [-0.15, -0.1) is 0 Å². The average Bonchev–Trinajstić information content (AvgIpc) is 2.57. The zero-order valence-electron chi connectivity index (χ0n) is 15.4. The Bertz CT molecular complexity index is 675. The van der Waals surface area contributed by atoms with Gasteiger partial charge in [0.05, 0.1) is 5.71 Å². The molecule has 0 saturated carbocycles. The Balaban J connectivity index is 2.10. The van der Waals surface area contributed by atoms with Crippen LogP contribution < -0.4 is 5.43 Å². The van der Waals surface area contributed by atoms with E-state index in [1.807, 2.05) is 32.0 Å². The van der Waals surface area contributed by atoms with Crippen molar-refractivity contribution in [3.8, 4) is 5.75 Å². The number of unbranched alkanes of at least 4 members (excludes halogenated alkanes) is 4. The molecule has 134 valence electrons. The van der Waals surface area contributed by atoms with Gasteiger partial charge in [0, 0.05) is 11.4 Å². The lowest BCUT2D eigenvalue weighted by molar-refractivity contribution is 0.475. The van der Waals surface area contributed by atoms with Gasteiger partial charge in [-0.25, -0.2) is 15.4 Å². The molecule has 1 heterocycles. The Labute approximate surface area is 150 Å². The van der Waals surface area contributed by atoms with E-state index in [0.29, 0.717) is 5.95 Å². The van der Waals surface area contributed by atoms with Crippen LogP contribution in [0.2, 0.25) is 0 Å². The van der Waals surface area contributed by atoms with E-state index in [4.69, 9.17) is 0 Å². The summed E-state index contributed by atoms with van der Waals surface area (Å²) in [6.45, 7) is 6.10. The van der Waals surface area contributed by atoms with E-state index >= 15 is 0 Å². The van der Waals surface area contributed by atoms with Crippen molar-refractivity contribution in [3.05, 3.63) is 47.3 Å². The Morgan fingerprint density at radius 3 is 2.28 bits per heavy atom. The van der Waals surface area contributed by atoms with Crippen LogP contribution in [-0.4, -0.2) is 20.8 Å². The van der Waals surface area contributed by atoms with Crippen molar-refractivity contribution in [1.82, 2.24) is 9.97 Å². The molecule has 0 amide bonds. The van der Waals surface area contributed by atoms with Gasteiger partial charge < -0.3 is 5.11 Å². The van der Waals surface area contributed by atoms with Crippen molar-refractivity contribution in [1.29, 1.82) is 0 Å². The number of hydrogen-bond donors (Lipinski definition) is 2. The maximum atomic E-state index is 9.51. The highest BCUT2D eigenvalue weighted by atomic mass is 16.3. The molecule has 0 aliphatic rings. The van der Waals surface area contributed by atoms with Crippen LogP contribution in [0, 0.1) is 13.8 Å². The third-order valence-corrected chi connectivity index (χ3v) is 3.99. The second kappa shape index (κ2) is 9.77. The highest BCUT2D eigenvalue weighted by molar-refractivity contribution is 6.00. The van der Waals surface area contributed by atoms with Crippen LogP contribution in [0.1, 0.15) is 62.4 Å². The molecule has 0 spiro atoms. The number of aromatic nitrogens is 2. The van der Waals surface area contributed by atoms with Crippen molar-refractivity contribution in [2.45, 2.75) is 59.3 Å². The SMILES string of the molecule is CCCCCCC/C(=N/Nc1nc(C)cc(C)n1)c1ccc(O)cc1. The van der Waals surface area contributed by atoms with E-state index in [1.54, 1.807) is 12.1 Å². The van der Waals surface area contributed by atoms with E-state index in [9.17, 15) is 5.11 Å². The molecule has 25 heavy (non-hydrogen) atoms. The average molecular weight is 340 g/mol. The molecule has 1 aromatic carbocycles. The molecule has 0 bridgehead atoms. The third-order valence-electron chi connectivity index (χ3n) is 3.99. The summed E-state index contributed by atoms with van der Waals surface area (Å²) in [5.41, 5.74) is 6.78. The largest absolute Gasteiger partial charge is 0.508 e. The van der Waals surface area contributed by atoms with Crippen LogP contribution in [0.3, 0.4) is 0 Å². The second-order valence-corrected chi connectivity index (χ2v) is 6.36. The van der Waals surface area contributed by atoms with Gasteiger partial charge >= 0.3 is 0 Å². The first kappa shape index (κ1) is 18.9. The maximum absolute atomic E-state index is 9.51. The zero-order valence-corrected chi connectivity index (χ0v) is 15.4. The van der Waals surface area contributed by atoms with E-state index in [-0.39, 0.29) is 5.75 Å². The van der Waals surface area contributed by atoms with Gasteiger partial charge in [0.2, 0.25) is 5.95 Å². The minimum Gasteiger partial charge on any atom is -0.508 e. The van der Waals surface area contributed by atoms with Gasteiger partial charge in [0.25, 0.3) is 0 Å². The monoisotopic (exact) mass is 340 g/mol. The first-order valence-electron chi connectivity index (χ1n) is 9.02. The summed E-state index contributed by atoms with van der Waals surface area (Å²) in [5.74, 6) is 0.774. The summed E-state index contributed by atoms with van der Waals surface area (Å²) in [7, 11) is 0. The summed E-state index contributed by atoms with van der Waals surface area (Å²) in [4.78, 5) is 8.73. The van der Waals surface area contributed by atoms with E-state index < -0.39 is 0 Å². The third kappa shape index (κ3) is 6.53. The molecular weight excluding hydrogens is 312 g/mol. The number of aromatic hydroxyl groups is 1. The second-order valence-electron chi connectivity index (χ2n) is 6.36. The maximum Gasteiger partial charge on any atom is 0.243 e. The van der Waals surface area contributed by atoms with Crippen molar-refractivity contribution >= 4 is 11.7 Å². The molecule has 1 aromatic heterocycles. The fraction of sp³-hybridized carbons (Fsp3) is 0.450. The van der Waals surface area contributed by atoms with Crippen LogP contribution in [0.15, 0.2) is 35.4 Å². The molecule has 0 fully saturated rings. The van der Waals surface area contributed by atoms with Crippen molar-refractivity contribution < 1.29 is 5.11 Å². The number of phenols is 1. The lowest BCUT2D eigenvalue weighted by Gasteiger charge is -2.09. The van der Waals surface area contributed by atoms with Crippen LogP contribution in [0.5, 0.6) is 5.75 Å². The molecule has 2 aromatic rings. The summed E-state index contributed by atoms with van der Waals surface area (Å²) < 4.78 is 0. The summed E-state index contributed by atoms with van der Waals surface area (Å²) >= 11 is 0.